The summed E-state index contributed by atoms with van der Waals surface area (Å²) in [7, 11) is -2.15. The average Bonchev–Trinajstić information content (AvgIpc) is 2.36. The third kappa shape index (κ3) is 2.64. The maximum Gasteiger partial charge on any atom is 0.339 e. The highest BCUT2D eigenvalue weighted by atomic mass is 32.2. The van der Waals surface area contributed by atoms with E-state index in [-0.39, 0.29) is 16.2 Å². The Kier molecular flexibility index (Phi) is 4.34. The van der Waals surface area contributed by atoms with Crippen molar-refractivity contribution >= 4 is 15.8 Å². The molecule has 0 aliphatic heterocycles. The van der Waals surface area contributed by atoms with Crippen LogP contribution in [0.4, 0.5) is 0 Å². The molecule has 0 saturated carbocycles. The molecule has 0 amide bonds. The van der Waals surface area contributed by atoms with E-state index < -0.39 is 21.1 Å². The Morgan fingerprint density at radius 1 is 1.44 bits per heavy atom. The number of sulfone groups is 1. The van der Waals surface area contributed by atoms with Crippen molar-refractivity contribution in [3.05, 3.63) is 23.8 Å². The van der Waals surface area contributed by atoms with E-state index in [9.17, 15) is 13.2 Å². The molecule has 0 aliphatic carbocycles. The highest BCUT2D eigenvalue weighted by molar-refractivity contribution is 7.92. The number of ether oxygens (including phenoxy) is 1. The maximum absolute atomic E-state index is 12.1. The van der Waals surface area contributed by atoms with Gasteiger partial charge in [-0.2, -0.15) is 0 Å². The lowest BCUT2D eigenvalue weighted by molar-refractivity contribution is 0.0693. The van der Waals surface area contributed by atoms with Crippen LogP contribution in [0.3, 0.4) is 0 Å². The molecule has 0 bridgehead atoms. The number of benzene rings is 1. The topological polar surface area (TPSA) is 80.7 Å². The second-order valence-electron chi connectivity index (χ2n) is 3.93. The van der Waals surface area contributed by atoms with Gasteiger partial charge in [0.15, 0.2) is 9.84 Å². The molecule has 5 nitrogen and oxygen atoms in total. The van der Waals surface area contributed by atoms with Crippen LogP contribution in [-0.4, -0.2) is 31.9 Å². The lowest BCUT2D eigenvalue weighted by atomic mass is 10.2. The highest BCUT2D eigenvalue weighted by Crippen LogP contribution is 2.25. The van der Waals surface area contributed by atoms with Crippen molar-refractivity contribution in [2.75, 3.05) is 7.11 Å². The van der Waals surface area contributed by atoms with Gasteiger partial charge in [-0.3, -0.25) is 0 Å². The molecule has 1 N–H and O–H groups in total. The second-order valence-corrected chi connectivity index (χ2v) is 6.30. The van der Waals surface area contributed by atoms with Gasteiger partial charge in [0.2, 0.25) is 0 Å². The van der Waals surface area contributed by atoms with Crippen molar-refractivity contribution in [2.45, 2.75) is 30.4 Å². The summed E-state index contributed by atoms with van der Waals surface area (Å²) in [6.07, 6.45) is 0.469. The van der Waals surface area contributed by atoms with Gasteiger partial charge in [0.25, 0.3) is 0 Å². The van der Waals surface area contributed by atoms with Gasteiger partial charge in [0.05, 0.1) is 17.3 Å². The quantitative estimate of drug-likeness (QED) is 0.886. The number of hydrogen-bond acceptors (Lipinski definition) is 4. The second kappa shape index (κ2) is 5.39. The lowest BCUT2D eigenvalue weighted by Crippen LogP contribution is -2.17. The summed E-state index contributed by atoms with van der Waals surface area (Å²) in [5.41, 5.74) is -0.151. The molecule has 1 atom stereocenters. The molecule has 0 aromatic heterocycles. The third-order valence-electron chi connectivity index (χ3n) is 2.83. The first-order chi connectivity index (χ1) is 8.34. The number of carboxylic acids is 1. The summed E-state index contributed by atoms with van der Waals surface area (Å²) in [6, 6.07) is 3.87. The molecule has 18 heavy (non-hydrogen) atoms. The smallest absolute Gasteiger partial charge is 0.339 e. The number of carboxylic acid groups (broad SMARTS) is 1. The van der Waals surface area contributed by atoms with Gasteiger partial charge in [-0.15, -0.1) is 0 Å². The summed E-state index contributed by atoms with van der Waals surface area (Å²) >= 11 is 0. The van der Waals surface area contributed by atoms with E-state index in [0.717, 1.165) is 6.07 Å². The van der Waals surface area contributed by atoms with E-state index in [1.165, 1.54) is 19.2 Å². The summed E-state index contributed by atoms with van der Waals surface area (Å²) in [6.45, 7) is 3.36. The lowest BCUT2D eigenvalue weighted by Gasteiger charge is -2.12. The van der Waals surface area contributed by atoms with Gasteiger partial charge in [-0.25, -0.2) is 13.2 Å². The SMILES string of the molecule is CCC(C)S(=O)(=O)c1ccc(OC)c(C(=O)O)c1. The van der Waals surface area contributed by atoms with Crippen LogP contribution in [0, 0.1) is 0 Å². The normalized spacial score (nSPS) is 13.1. The molecular weight excluding hydrogens is 256 g/mol. The summed E-state index contributed by atoms with van der Waals surface area (Å²) in [4.78, 5) is 11.0. The van der Waals surface area contributed by atoms with Crippen LogP contribution in [-0.2, 0) is 9.84 Å². The average molecular weight is 272 g/mol. The van der Waals surface area contributed by atoms with E-state index in [1.54, 1.807) is 13.8 Å². The Morgan fingerprint density at radius 2 is 2.06 bits per heavy atom. The Bertz CT molecular complexity index is 548. The van der Waals surface area contributed by atoms with Crippen LogP contribution in [0.25, 0.3) is 0 Å². The van der Waals surface area contributed by atoms with Crippen LogP contribution in [0.1, 0.15) is 30.6 Å². The first-order valence-electron chi connectivity index (χ1n) is 5.49. The van der Waals surface area contributed by atoms with E-state index in [0.29, 0.717) is 6.42 Å². The van der Waals surface area contributed by atoms with Crippen molar-refractivity contribution in [3.8, 4) is 5.75 Å². The number of carbonyl (C=O) groups is 1. The van der Waals surface area contributed by atoms with Crippen molar-refractivity contribution in [3.63, 3.8) is 0 Å². The molecule has 0 radical (unpaired) electrons. The molecule has 0 heterocycles. The van der Waals surface area contributed by atoms with Gasteiger partial charge in [-0.05, 0) is 31.5 Å². The van der Waals surface area contributed by atoms with E-state index in [1.807, 2.05) is 0 Å². The predicted molar refractivity (Wildman–Crippen MR) is 66.9 cm³/mol. The zero-order valence-corrected chi connectivity index (χ0v) is 11.3. The molecule has 1 rings (SSSR count). The minimum Gasteiger partial charge on any atom is -0.496 e. The Hall–Kier alpha value is -1.56. The van der Waals surface area contributed by atoms with Gasteiger partial charge in [-0.1, -0.05) is 6.92 Å². The first kappa shape index (κ1) is 14.5. The number of methoxy groups -OCH3 is 1. The molecule has 0 spiro atoms. The fourth-order valence-corrected chi connectivity index (χ4v) is 2.93. The fourth-order valence-electron chi connectivity index (χ4n) is 1.48. The van der Waals surface area contributed by atoms with Crippen LogP contribution in [0.2, 0.25) is 0 Å². The molecule has 1 aromatic carbocycles. The van der Waals surface area contributed by atoms with E-state index >= 15 is 0 Å². The van der Waals surface area contributed by atoms with Crippen LogP contribution in [0.15, 0.2) is 23.1 Å². The predicted octanol–water partition coefficient (Wildman–Crippen LogP) is 1.97. The van der Waals surface area contributed by atoms with E-state index in [2.05, 4.69) is 0 Å². The summed E-state index contributed by atoms with van der Waals surface area (Å²) in [5.74, 6) is -1.07. The Morgan fingerprint density at radius 3 is 2.50 bits per heavy atom. The Labute approximate surface area is 106 Å². The molecular formula is C12H16O5S. The van der Waals surface area contributed by atoms with Crippen molar-refractivity contribution < 1.29 is 23.1 Å². The molecule has 6 heteroatoms. The molecule has 1 unspecified atom stereocenters. The Balaban J connectivity index is 3.37. The van der Waals surface area contributed by atoms with Crippen LogP contribution in [0.5, 0.6) is 5.75 Å². The molecule has 0 fully saturated rings. The van der Waals surface area contributed by atoms with Crippen LogP contribution < -0.4 is 4.74 Å². The minimum atomic E-state index is -3.49. The zero-order chi connectivity index (χ0) is 13.9. The minimum absolute atomic E-state index is 0.00931. The number of hydrogen-bond donors (Lipinski definition) is 1. The summed E-state index contributed by atoms with van der Waals surface area (Å²) in [5, 5.41) is 8.46. The highest BCUT2D eigenvalue weighted by Gasteiger charge is 2.24. The number of rotatable bonds is 5. The van der Waals surface area contributed by atoms with Gasteiger partial charge < -0.3 is 9.84 Å². The first-order valence-corrected chi connectivity index (χ1v) is 7.04. The van der Waals surface area contributed by atoms with Crippen molar-refractivity contribution in [1.29, 1.82) is 0 Å². The monoisotopic (exact) mass is 272 g/mol. The third-order valence-corrected chi connectivity index (χ3v) is 5.14. The zero-order valence-electron chi connectivity index (χ0n) is 10.5. The van der Waals surface area contributed by atoms with Crippen molar-refractivity contribution in [1.82, 2.24) is 0 Å². The van der Waals surface area contributed by atoms with Crippen molar-refractivity contribution in [2.24, 2.45) is 0 Å². The van der Waals surface area contributed by atoms with E-state index in [4.69, 9.17) is 9.84 Å². The molecule has 100 valence electrons. The largest absolute Gasteiger partial charge is 0.496 e. The standard InChI is InChI=1S/C12H16O5S/c1-4-8(2)18(15,16)9-5-6-11(17-3)10(7-9)12(13)14/h5-8H,4H2,1-3H3,(H,13,14). The van der Waals surface area contributed by atoms with Gasteiger partial charge in [0, 0.05) is 0 Å². The number of aromatic carboxylic acids is 1. The summed E-state index contributed by atoms with van der Waals surface area (Å²) < 4.78 is 29.1. The maximum atomic E-state index is 12.1. The molecule has 0 aliphatic rings. The van der Waals surface area contributed by atoms with Gasteiger partial charge >= 0.3 is 5.97 Å². The molecule has 1 aromatic rings. The van der Waals surface area contributed by atoms with Gasteiger partial charge in [0.1, 0.15) is 11.3 Å². The van der Waals surface area contributed by atoms with Crippen LogP contribution >= 0.6 is 0 Å². The fraction of sp³-hybridized carbons (Fsp3) is 0.417. The molecule has 0 saturated heterocycles.